The standard InChI is InChI=1S/C20H31NO/c1-20(2,3)14-17-11-8-12-18(13-17)19(22)21(4)15-16-9-6-5-7-10-16/h8,11-13,16H,5-7,9-10,14-15H2,1-4H3. The van der Waals surface area contributed by atoms with Gasteiger partial charge in [0, 0.05) is 19.2 Å². The largest absolute Gasteiger partial charge is 0.341 e. The highest BCUT2D eigenvalue weighted by Gasteiger charge is 2.20. The number of hydrogen-bond acceptors (Lipinski definition) is 1. The topological polar surface area (TPSA) is 20.3 Å². The quantitative estimate of drug-likeness (QED) is 0.772. The van der Waals surface area contributed by atoms with E-state index in [4.69, 9.17) is 0 Å². The predicted octanol–water partition coefficient (Wildman–Crippen LogP) is 4.93. The molecular formula is C20H31NO. The van der Waals surface area contributed by atoms with E-state index in [2.05, 4.69) is 32.9 Å². The van der Waals surface area contributed by atoms with Crippen molar-refractivity contribution in [2.24, 2.45) is 11.3 Å². The highest BCUT2D eigenvalue weighted by molar-refractivity contribution is 5.94. The van der Waals surface area contributed by atoms with Crippen LogP contribution in [0.25, 0.3) is 0 Å². The molecule has 122 valence electrons. The highest BCUT2D eigenvalue weighted by atomic mass is 16.2. The molecule has 0 radical (unpaired) electrons. The number of carbonyl (C=O) groups is 1. The van der Waals surface area contributed by atoms with E-state index in [1.807, 2.05) is 24.1 Å². The molecule has 1 aromatic rings. The zero-order chi connectivity index (χ0) is 16.2. The Balaban J connectivity index is 2.00. The van der Waals surface area contributed by atoms with E-state index < -0.39 is 0 Å². The lowest BCUT2D eigenvalue weighted by Crippen LogP contribution is -2.32. The van der Waals surface area contributed by atoms with Crippen LogP contribution in [0.5, 0.6) is 0 Å². The molecule has 0 aliphatic heterocycles. The first-order chi connectivity index (χ1) is 10.3. The van der Waals surface area contributed by atoms with Crippen LogP contribution in [-0.4, -0.2) is 24.4 Å². The summed E-state index contributed by atoms with van der Waals surface area (Å²) in [7, 11) is 1.95. The molecule has 0 spiro atoms. The molecule has 22 heavy (non-hydrogen) atoms. The Kier molecular flexibility index (Phi) is 5.66. The number of carbonyl (C=O) groups excluding carboxylic acids is 1. The third-order valence-electron chi connectivity index (χ3n) is 4.51. The molecule has 0 saturated heterocycles. The maximum Gasteiger partial charge on any atom is 0.253 e. The number of nitrogens with zero attached hydrogens (tertiary/aromatic N) is 1. The second-order valence-electron chi connectivity index (χ2n) is 8.13. The first-order valence-electron chi connectivity index (χ1n) is 8.69. The van der Waals surface area contributed by atoms with E-state index in [0.29, 0.717) is 5.92 Å². The fraction of sp³-hybridized carbons (Fsp3) is 0.650. The van der Waals surface area contributed by atoms with E-state index in [0.717, 1.165) is 18.5 Å². The molecule has 1 amide bonds. The van der Waals surface area contributed by atoms with Gasteiger partial charge in [0.15, 0.2) is 0 Å². The van der Waals surface area contributed by atoms with Gasteiger partial charge in [0.25, 0.3) is 5.91 Å². The van der Waals surface area contributed by atoms with Crippen molar-refractivity contribution < 1.29 is 4.79 Å². The molecule has 1 saturated carbocycles. The summed E-state index contributed by atoms with van der Waals surface area (Å²) in [6.45, 7) is 7.60. The molecule has 1 aliphatic rings. The highest BCUT2D eigenvalue weighted by Crippen LogP contribution is 2.25. The van der Waals surface area contributed by atoms with Crippen LogP contribution < -0.4 is 0 Å². The number of amides is 1. The molecule has 0 N–H and O–H groups in total. The molecule has 0 aromatic heterocycles. The van der Waals surface area contributed by atoms with Gasteiger partial charge in [-0.3, -0.25) is 4.79 Å². The summed E-state index contributed by atoms with van der Waals surface area (Å²) in [5, 5.41) is 0. The van der Waals surface area contributed by atoms with Crippen molar-refractivity contribution in [3.8, 4) is 0 Å². The van der Waals surface area contributed by atoms with Gasteiger partial charge in [-0.15, -0.1) is 0 Å². The van der Waals surface area contributed by atoms with Gasteiger partial charge in [-0.2, -0.15) is 0 Å². The number of benzene rings is 1. The van der Waals surface area contributed by atoms with Gasteiger partial charge >= 0.3 is 0 Å². The van der Waals surface area contributed by atoms with Gasteiger partial charge in [0.05, 0.1) is 0 Å². The van der Waals surface area contributed by atoms with E-state index in [1.54, 1.807) is 0 Å². The van der Waals surface area contributed by atoms with Gasteiger partial charge in [-0.25, -0.2) is 0 Å². The fourth-order valence-electron chi connectivity index (χ4n) is 3.49. The molecule has 1 aliphatic carbocycles. The van der Waals surface area contributed by atoms with E-state index >= 15 is 0 Å². The first kappa shape index (κ1) is 17.1. The summed E-state index contributed by atoms with van der Waals surface area (Å²) in [6.07, 6.45) is 7.58. The number of rotatable bonds is 4. The van der Waals surface area contributed by atoms with Crippen molar-refractivity contribution in [3.05, 3.63) is 35.4 Å². The minimum absolute atomic E-state index is 0.168. The maximum absolute atomic E-state index is 12.7. The average Bonchev–Trinajstić information content (AvgIpc) is 2.46. The van der Waals surface area contributed by atoms with Crippen LogP contribution in [0.3, 0.4) is 0 Å². The SMILES string of the molecule is CN(CC1CCCCC1)C(=O)c1cccc(CC(C)(C)C)c1. The Morgan fingerprint density at radius 3 is 2.50 bits per heavy atom. The number of hydrogen-bond donors (Lipinski definition) is 0. The predicted molar refractivity (Wildman–Crippen MR) is 93.1 cm³/mol. The molecular weight excluding hydrogens is 270 g/mol. The summed E-state index contributed by atoms with van der Waals surface area (Å²) < 4.78 is 0. The second kappa shape index (κ2) is 7.30. The van der Waals surface area contributed by atoms with E-state index in [9.17, 15) is 4.79 Å². The molecule has 2 heteroatoms. The Hall–Kier alpha value is -1.31. The van der Waals surface area contributed by atoms with Gasteiger partial charge in [0.2, 0.25) is 0 Å². The Bertz CT molecular complexity index is 495. The van der Waals surface area contributed by atoms with Crippen LogP contribution in [0.1, 0.15) is 68.8 Å². The first-order valence-corrected chi connectivity index (χ1v) is 8.69. The lowest BCUT2D eigenvalue weighted by atomic mass is 9.87. The van der Waals surface area contributed by atoms with E-state index in [-0.39, 0.29) is 11.3 Å². The summed E-state index contributed by atoms with van der Waals surface area (Å²) in [5.41, 5.74) is 2.33. The van der Waals surface area contributed by atoms with Crippen LogP contribution in [0.4, 0.5) is 0 Å². The van der Waals surface area contributed by atoms with Crippen molar-refractivity contribution in [2.45, 2.75) is 59.3 Å². The van der Waals surface area contributed by atoms with Crippen molar-refractivity contribution in [2.75, 3.05) is 13.6 Å². The van der Waals surface area contributed by atoms with Gasteiger partial charge in [0.1, 0.15) is 0 Å². The molecule has 0 unspecified atom stereocenters. The van der Waals surface area contributed by atoms with Crippen LogP contribution >= 0.6 is 0 Å². The van der Waals surface area contributed by atoms with Crippen molar-refractivity contribution in [1.29, 1.82) is 0 Å². The molecule has 1 aromatic carbocycles. The lowest BCUT2D eigenvalue weighted by Gasteiger charge is -2.27. The Morgan fingerprint density at radius 1 is 1.18 bits per heavy atom. The smallest absolute Gasteiger partial charge is 0.253 e. The monoisotopic (exact) mass is 301 g/mol. The zero-order valence-electron chi connectivity index (χ0n) is 14.7. The van der Waals surface area contributed by atoms with Crippen LogP contribution in [0.2, 0.25) is 0 Å². The molecule has 2 nitrogen and oxygen atoms in total. The Morgan fingerprint density at radius 2 is 1.86 bits per heavy atom. The summed E-state index contributed by atoms with van der Waals surface area (Å²) in [4.78, 5) is 14.6. The van der Waals surface area contributed by atoms with Gasteiger partial charge < -0.3 is 4.90 Å². The van der Waals surface area contributed by atoms with E-state index in [1.165, 1.54) is 37.7 Å². The molecule has 0 atom stereocenters. The molecule has 0 heterocycles. The van der Waals surface area contributed by atoms with Crippen molar-refractivity contribution in [1.82, 2.24) is 4.90 Å². The van der Waals surface area contributed by atoms with Gasteiger partial charge in [-0.1, -0.05) is 52.2 Å². The molecule has 0 bridgehead atoms. The molecule has 2 rings (SSSR count). The summed E-state index contributed by atoms with van der Waals surface area (Å²) in [5.74, 6) is 0.863. The van der Waals surface area contributed by atoms with Crippen molar-refractivity contribution >= 4 is 5.91 Å². The van der Waals surface area contributed by atoms with Crippen molar-refractivity contribution in [3.63, 3.8) is 0 Å². The maximum atomic E-state index is 12.7. The van der Waals surface area contributed by atoms with Gasteiger partial charge in [-0.05, 0) is 48.3 Å². The molecule has 1 fully saturated rings. The average molecular weight is 301 g/mol. The zero-order valence-corrected chi connectivity index (χ0v) is 14.7. The minimum atomic E-state index is 0.168. The minimum Gasteiger partial charge on any atom is -0.341 e. The van der Waals surface area contributed by atoms with Crippen LogP contribution in [-0.2, 0) is 6.42 Å². The summed E-state index contributed by atoms with van der Waals surface area (Å²) in [6, 6.07) is 8.17. The lowest BCUT2D eigenvalue weighted by molar-refractivity contribution is 0.0760. The van der Waals surface area contributed by atoms with Crippen LogP contribution in [0, 0.1) is 11.3 Å². The fourth-order valence-corrected chi connectivity index (χ4v) is 3.49. The third kappa shape index (κ3) is 5.15. The normalized spacial score (nSPS) is 16.5. The Labute approximate surface area is 135 Å². The summed E-state index contributed by atoms with van der Waals surface area (Å²) >= 11 is 0. The third-order valence-corrected chi connectivity index (χ3v) is 4.51. The van der Waals surface area contributed by atoms with Crippen LogP contribution in [0.15, 0.2) is 24.3 Å². The second-order valence-corrected chi connectivity index (χ2v) is 8.13.